The Morgan fingerprint density at radius 1 is 1.54 bits per heavy atom. The van der Waals surface area contributed by atoms with Gasteiger partial charge in [-0.05, 0) is 40.9 Å². The van der Waals surface area contributed by atoms with Crippen LogP contribution in [0.1, 0.15) is 17.7 Å². The zero-order valence-corrected chi connectivity index (χ0v) is 10.3. The minimum absolute atomic E-state index is 0.410. The topological polar surface area (TPSA) is 12.0 Å². The van der Waals surface area contributed by atoms with E-state index in [0.29, 0.717) is 11.4 Å². The zero-order valence-electron chi connectivity index (χ0n) is 7.09. The fourth-order valence-electron chi connectivity index (χ4n) is 1.41. The molecule has 0 atom stereocenters. The molecule has 72 valence electrons. The van der Waals surface area contributed by atoms with E-state index in [2.05, 4.69) is 33.4 Å². The van der Waals surface area contributed by atoms with Gasteiger partial charge < -0.3 is 5.32 Å². The van der Waals surface area contributed by atoms with Gasteiger partial charge in [-0.25, -0.2) is 0 Å². The molecule has 1 aromatic heterocycles. The van der Waals surface area contributed by atoms with Crippen molar-refractivity contribution in [3.63, 3.8) is 0 Å². The Labute approximate surface area is 95.6 Å². The van der Waals surface area contributed by atoms with Crippen molar-refractivity contribution in [3.8, 4) is 0 Å². The van der Waals surface area contributed by atoms with Gasteiger partial charge in [-0.15, -0.1) is 22.9 Å². The van der Waals surface area contributed by atoms with Gasteiger partial charge in [0, 0.05) is 22.8 Å². The number of rotatable bonds is 3. The Kier molecular flexibility index (Phi) is 3.30. The number of halogens is 2. The van der Waals surface area contributed by atoms with Crippen LogP contribution in [0.4, 0.5) is 0 Å². The van der Waals surface area contributed by atoms with Crippen molar-refractivity contribution >= 4 is 38.9 Å². The highest BCUT2D eigenvalue weighted by Gasteiger charge is 2.26. The molecule has 0 saturated heterocycles. The molecule has 1 aromatic rings. The van der Waals surface area contributed by atoms with Gasteiger partial charge in [-0.2, -0.15) is 0 Å². The molecule has 0 radical (unpaired) electrons. The van der Waals surface area contributed by atoms with Crippen LogP contribution in [-0.2, 0) is 6.54 Å². The molecule has 0 spiro atoms. The average molecular weight is 281 g/mol. The second-order valence-electron chi connectivity index (χ2n) is 3.35. The molecule has 4 heteroatoms. The third kappa shape index (κ3) is 2.69. The first-order valence-electron chi connectivity index (χ1n) is 4.35. The van der Waals surface area contributed by atoms with E-state index >= 15 is 0 Å². The molecule has 1 saturated carbocycles. The number of nitrogens with one attached hydrogen (secondary N) is 1. The van der Waals surface area contributed by atoms with Crippen LogP contribution in [0.25, 0.3) is 0 Å². The van der Waals surface area contributed by atoms with Crippen molar-refractivity contribution in [1.29, 1.82) is 0 Å². The van der Waals surface area contributed by atoms with E-state index in [1.165, 1.54) is 8.66 Å². The Bertz CT molecular complexity index is 283. The van der Waals surface area contributed by atoms with Gasteiger partial charge >= 0.3 is 0 Å². The third-order valence-corrected chi connectivity index (χ3v) is 4.25. The third-order valence-electron chi connectivity index (χ3n) is 2.27. The summed E-state index contributed by atoms with van der Waals surface area (Å²) in [5.74, 6) is 0. The molecule has 1 nitrogen and oxygen atoms in total. The lowest BCUT2D eigenvalue weighted by molar-refractivity contribution is 0.346. The molecule has 1 N–H and O–H groups in total. The van der Waals surface area contributed by atoms with Gasteiger partial charge in [0.1, 0.15) is 0 Å². The number of hydrogen-bond donors (Lipinski definition) is 1. The second kappa shape index (κ2) is 4.30. The van der Waals surface area contributed by atoms with Gasteiger partial charge in [0.15, 0.2) is 0 Å². The number of hydrogen-bond acceptors (Lipinski definition) is 2. The zero-order chi connectivity index (χ0) is 9.26. The van der Waals surface area contributed by atoms with Gasteiger partial charge in [-0.3, -0.25) is 0 Å². The average Bonchev–Trinajstić information content (AvgIpc) is 2.43. The lowest BCUT2D eigenvalue weighted by atomic mass is 9.92. The summed E-state index contributed by atoms with van der Waals surface area (Å²) in [7, 11) is 0. The molecule has 1 fully saturated rings. The van der Waals surface area contributed by atoms with Crippen LogP contribution in [-0.4, -0.2) is 11.4 Å². The van der Waals surface area contributed by atoms with E-state index < -0.39 is 0 Å². The van der Waals surface area contributed by atoms with Crippen molar-refractivity contribution in [2.45, 2.75) is 30.8 Å². The standard InChI is InChI=1S/C9H11BrClNS/c10-9-2-1-8(13-9)5-12-7-3-6(11)4-7/h1-2,6-7,12H,3-5H2. The summed E-state index contributed by atoms with van der Waals surface area (Å²) in [6, 6.07) is 4.88. The van der Waals surface area contributed by atoms with Crippen molar-refractivity contribution in [1.82, 2.24) is 5.32 Å². The number of alkyl halides is 1. The normalized spacial score (nSPS) is 27.2. The van der Waals surface area contributed by atoms with E-state index in [-0.39, 0.29) is 0 Å². The lowest BCUT2D eigenvalue weighted by Gasteiger charge is -2.31. The van der Waals surface area contributed by atoms with E-state index in [4.69, 9.17) is 11.6 Å². The highest BCUT2D eigenvalue weighted by atomic mass is 79.9. The van der Waals surface area contributed by atoms with E-state index in [9.17, 15) is 0 Å². The first-order chi connectivity index (χ1) is 6.24. The SMILES string of the molecule is ClC1CC(NCc2ccc(Br)s2)C1. The first-order valence-corrected chi connectivity index (χ1v) is 6.40. The predicted molar refractivity (Wildman–Crippen MR) is 61.5 cm³/mol. The molecule has 0 aromatic carbocycles. The van der Waals surface area contributed by atoms with Gasteiger partial charge in [0.25, 0.3) is 0 Å². The summed E-state index contributed by atoms with van der Waals surface area (Å²) >= 11 is 11.1. The van der Waals surface area contributed by atoms with Crippen molar-refractivity contribution in [3.05, 3.63) is 20.8 Å². The van der Waals surface area contributed by atoms with Gasteiger partial charge in [0.2, 0.25) is 0 Å². The summed E-state index contributed by atoms with van der Waals surface area (Å²) in [5.41, 5.74) is 0. The van der Waals surface area contributed by atoms with Crippen molar-refractivity contribution < 1.29 is 0 Å². The molecule has 0 bridgehead atoms. The summed E-state index contributed by atoms with van der Waals surface area (Å²) < 4.78 is 1.20. The first kappa shape index (κ1) is 9.97. The molecule has 2 rings (SSSR count). The smallest absolute Gasteiger partial charge is 0.0701 e. The molecule has 1 aliphatic rings. The van der Waals surface area contributed by atoms with E-state index in [0.717, 1.165) is 19.4 Å². The highest BCUT2D eigenvalue weighted by molar-refractivity contribution is 9.11. The van der Waals surface area contributed by atoms with Gasteiger partial charge in [-0.1, -0.05) is 0 Å². The second-order valence-corrected chi connectivity index (χ2v) is 6.52. The molecular weight excluding hydrogens is 270 g/mol. The molecule has 0 amide bonds. The van der Waals surface area contributed by atoms with E-state index in [1.54, 1.807) is 11.3 Å². The Morgan fingerprint density at radius 2 is 2.31 bits per heavy atom. The molecular formula is C9H11BrClNS. The van der Waals surface area contributed by atoms with Crippen LogP contribution in [0.3, 0.4) is 0 Å². The Hall–Kier alpha value is 0.430. The minimum Gasteiger partial charge on any atom is -0.309 e. The fourth-order valence-corrected chi connectivity index (χ4v) is 3.27. The van der Waals surface area contributed by atoms with Crippen LogP contribution in [0.5, 0.6) is 0 Å². The monoisotopic (exact) mass is 279 g/mol. The molecule has 13 heavy (non-hydrogen) atoms. The van der Waals surface area contributed by atoms with Crippen molar-refractivity contribution in [2.24, 2.45) is 0 Å². The maximum absolute atomic E-state index is 5.88. The summed E-state index contributed by atoms with van der Waals surface area (Å²) in [6.07, 6.45) is 2.24. The van der Waals surface area contributed by atoms with Crippen LogP contribution in [0.15, 0.2) is 15.9 Å². The molecule has 0 aliphatic heterocycles. The highest BCUT2D eigenvalue weighted by Crippen LogP contribution is 2.27. The maximum atomic E-state index is 5.88. The summed E-state index contributed by atoms with van der Waals surface area (Å²) in [4.78, 5) is 1.38. The van der Waals surface area contributed by atoms with E-state index in [1.807, 2.05) is 0 Å². The Balaban J connectivity index is 1.74. The van der Waals surface area contributed by atoms with Gasteiger partial charge in [0.05, 0.1) is 3.79 Å². The fraction of sp³-hybridized carbons (Fsp3) is 0.556. The largest absolute Gasteiger partial charge is 0.309 e. The molecule has 0 unspecified atom stereocenters. The summed E-state index contributed by atoms with van der Waals surface area (Å²) in [6.45, 7) is 0.977. The minimum atomic E-state index is 0.410. The summed E-state index contributed by atoms with van der Waals surface area (Å²) in [5, 5.41) is 3.89. The van der Waals surface area contributed by atoms with Crippen LogP contribution in [0, 0.1) is 0 Å². The van der Waals surface area contributed by atoms with Crippen molar-refractivity contribution in [2.75, 3.05) is 0 Å². The molecule has 1 heterocycles. The molecule has 1 aliphatic carbocycles. The van der Waals surface area contributed by atoms with Crippen LogP contribution < -0.4 is 5.32 Å². The van der Waals surface area contributed by atoms with Crippen LogP contribution in [0.2, 0.25) is 0 Å². The quantitative estimate of drug-likeness (QED) is 0.837. The maximum Gasteiger partial charge on any atom is 0.0701 e. The predicted octanol–water partition coefficient (Wildman–Crippen LogP) is 3.37. The van der Waals surface area contributed by atoms with Crippen LogP contribution >= 0.6 is 38.9 Å². The Morgan fingerprint density at radius 3 is 2.85 bits per heavy atom. The lowest BCUT2D eigenvalue weighted by Crippen LogP contribution is -2.41. The number of thiophene rings is 1.